The summed E-state index contributed by atoms with van der Waals surface area (Å²) in [4.78, 5) is 12.5. The average molecular weight is 525 g/mol. The van der Waals surface area contributed by atoms with E-state index in [1.165, 1.54) is 25.3 Å². The van der Waals surface area contributed by atoms with Gasteiger partial charge in [-0.25, -0.2) is 17.2 Å². The van der Waals surface area contributed by atoms with Gasteiger partial charge in [0.1, 0.15) is 29.6 Å². The van der Waals surface area contributed by atoms with Gasteiger partial charge in [0.05, 0.1) is 22.2 Å². The van der Waals surface area contributed by atoms with E-state index in [1.807, 2.05) is 6.92 Å². The molecule has 0 aromatic heterocycles. The standard InChI is InChI=1S/C22H19BrF2N2O4S/c1-14-6-8-15(9-7-14)27(13-21(28)26-22-18(24)4-3-5-19(22)25)32(29,30)16-10-11-20(31-2)17(23)12-16/h3-12H,13H2,1-2H3,(H,26,28). The van der Waals surface area contributed by atoms with Gasteiger partial charge < -0.3 is 10.1 Å². The maximum Gasteiger partial charge on any atom is 0.264 e. The number of amides is 1. The van der Waals surface area contributed by atoms with Gasteiger partial charge in [-0.05, 0) is 65.3 Å². The minimum atomic E-state index is -4.22. The number of aryl methyl sites for hydroxylation is 1. The molecule has 168 valence electrons. The molecule has 0 heterocycles. The first kappa shape index (κ1) is 23.7. The Labute approximate surface area is 193 Å². The molecule has 0 atom stereocenters. The Morgan fingerprint density at radius 2 is 1.69 bits per heavy atom. The minimum absolute atomic E-state index is 0.101. The second kappa shape index (κ2) is 9.66. The Kier molecular flexibility index (Phi) is 7.15. The number of anilines is 2. The Hall–Kier alpha value is -2.98. The highest BCUT2D eigenvalue weighted by Crippen LogP contribution is 2.31. The number of carbonyl (C=O) groups is 1. The summed E-state index contributed by atoms with van der Waals surface area (Å²) < 4.78 is 61.1. The number of sulfonamides is 1. The SMILES string of the molecule is COc1ccc(S(=O)(=O)N(CC(=O)Nc2c(F)cccc2F)c2ccc(C)cc2)cc1Br. The van der Waals surface area contributed by atoms with Crippen LogP contribution in [0, 0.1) is 18.6 Å². The number of ether oxygens (including phenoxy) is 1. The third kappa shape index (κ3) is 5.08. The predicted octanol–water partition coefficient (Wildman–Crippen LogP) is 4.88. The van der Waals surface area contributed by atoms with E-state index >= 15 is 0 Å². The van der Waals surface area contributed by atoms with Gasteiger partial charge in [0, 0.05) is 0 Å². The van der Waals surface area contributed by atoms with Crippen molar-refractivity contribution in [3.8, 4) is 5.75 Å². The van der Waals surface area contributed by atoms with Crippen LogP contribution >= 0.6 is 15.9 Å². The summed E-state index contributed by atoms with van der Waals surface area (Å²) in [6.07, 6.45) is 0. The van der Waals surface area contributed by atoms with Gasteiger partial charge in [-0.1, -0.05) is 23.8 Å². The van der Waals surface area contributed by atoms with Crippen molar-refractivity contribution < 1.29 is 26.7 Å². The number of carbonyl (C=O) groups excluding carboxylic acids is 1. The van der Waals surface area contributed by atoms with E-state index in [0.717, 1.165) is 28.1 Å². The molecule has 0 saturated heterocycles. The number of nitrogens with one attached hydrogen (secondary N) is 1. The molecule has 3 aromatic rings. The van der Waals surface area contributed by atoms with Crippen molar-refractivity contribution in [3.05, 3.63) is 82.3 Å². The van der Waals surface area contributed by atoms with Gasteiger partial charge in [-0.2, -0.15) is 0 Å². The number of hydrogen-bond donors (Lipinski definition) is 1. The molecule has 0 bridgehead atoms. The Bertz CT molecular complexity index is 1230. The molecule has 3 rings (SSSR count). The van der Waals surface area contributed by atoms with Crippen LogP contribution < -0.4 is 14.4 Å². The highest BCUT2D eigenvalue weighted by atomic mass is 79.9. The lowest BCUT2D eigenvalue weighted by Crippen LogP contribution is -2.38. The minimum Gasteiger partial charge on any atom is -0.496 e. The van der Waals surface area contributed by atoms with Gasteiger partial charge in [0.2, 0.25) is 5.91 Å². The zero-order chi connectivity index (χ0) is 23.5. The van der Waals surface area contributed by atoms with Crippen molar-refractivity contribution in [1.82, 2.24) is 0 Å². The lowest BCUT2D eigenvalue weighted by molar-refractivity contribution is -0.114. The first-order valence-corrected chi connectivity index (χ1v) is 11.5. The van der Waals surface area contributed by atoms with E-state index in [4.69, 9.17) is 4.74 Å². The Morgan fingerprint density at radius 1 is 1.06 bits per heavy atom. The van der Waals surface area contributed by atoms with Crippen LogP contribution in [0.1, 0.15) is 5.56 Å². The molecule has 10 heteroatoms. The van der Waals surface area contributed by atoms with E-state index < -0.39 is 39.8 Å². The number of hydrogen-bond acceptors (Lipinski definition) is 4. The summed E-state index contributed by atoms with van der Waals surface area (Å²) in [7, 11) is -2.78. The highest BCUT2D eigenvalue weighted by Gasteiger charge is 2.28. The van der Waals surface area contributed by atoms with Gasteiger partial charge in [-0.15, -0.1) is 0 Å². The Morgan fingerprint density at radius 3 is 2.25 bits per heavy atom. The first-order valence-electron chi connectivity index (χ1n) is 9.30. The van der Waals surface area contributed by atoms with E-state index in [1.54, 1.807) is 24.3 Å². The number of nitrogens with zero attached hydrogens (tertiary/aromatic N) is 1. The van der Waals surface area contributed by atoms with Gasteiger partial charge in [0.15, 0.2) is 0 Å². The second-order valence-corrected chi connectivity index (χ2v) is 9.51. The molecule has 0 aliphatic carbocycles. The molecule has 0 radical (unpaired) electrons. The van der Waals surface area contributed by atoms with Crippen LogP contribution in [0.2, 0.25) is 0 Å². The molecule has 0 fully saturated rings. The molecule has 0 unspecified atom stereocenters. The summed E-state index contributed by atoms with van der Waals surface area (Å²) in [5, 5.41) is 2.12. The third-order valence-corrected chi connectivity index (χ3v) is 6.94. The van der Waals surface area contributed by atoms with E-state index in [2.05, 4.69) is 21.2 Å². The molecule has 0 aliphatic heterocycles. The van der Waals surface area contributed by atoms with Crippen LogP contribution in [0.25, 0.3) is 0 Å². The number of rotatable bonds is 7. The molecule has 1 N–H and O–H groups in total. The maximum absolute atomic E-state index is 13.9. The highest BCUT2D eigenvalue weighted by molar-refractivity contribution is 9.10. The van der Waals surface area contributed by atoms with Gasteiger partial charge in [-0.3, -0.25) is 9.10 Å². The number of methoxy groups -OCH3 is 1. The fourth-order valence-electron chi connectivity index (χ4n) is 2.89. The van der Waals surface area contributed by atoms with Crippen molar-refractivity contribution in [3.63, 3.8) is 0 Å². The normalized spacial score (nSPS) is 11.2. The summed E-state index contributed by atoms with van der Waals surface area (Å²) in [5.74, 6) is -2.42. The molecule has 32 heavy (non-hydrogen) atoms. The molecular formula is C22H19BrF2N2O4S. The van der Waals surface area contributed by atoms with Crippen LogP contribution in [0.3, 0.4) is 0 Å². The van der Waals surface area contributed by atoms with Crippen molar-refractivity contribution in [1.29, 1.82) is 0 Å². The molecule has 3 aromatic carbocycles. The lowest BCUT2D eigenvalue weighted by atomic mass is 10.2. The number of para-hydroxylation sites is 1. The zero-order valence-corrected chi connectivity index (χ0v) is 19.5. The van der Waals surface area contributed by atoms with Crippen molar-refractivity contribution in [2.45, 2.75) is 11.8 Å². The van der Waals surface area contributed by atoms with Crippen LogP contribution in [-0.2, 0) is 14.8 Å². The predicted molar refractivity (Wildman–Crippen MR) is 121 cm³/mol. The molecule has 1 amide bonds. The fourth-order valence-corrected chi connectivity index (χ4v) is 5.03. The molecule has 0 spiro atoms. The van der Waals surface area contributed by atoms with E-state index in [9.17, 15) is 22.0 Å². The molecule has 6 nitrogen and oxygen atoms in total. The number of benzene rings is 3. The summed E-state index contributed by atoms with van der Waals surface area (Å²) in [6, 6.07) is 13.8. The smallest absolute Gasteiger partial charge is 0.264 e. The van der Waals surface area contributed by atoms with E-state index in [0.29, 0.717) is 10.2 Å². The van der Waals surface area contributed by atoms with Gasteiger partial charge >= 0.3 is 0 Å². The third-order valence-electron chi connectivity index (χ3n) is 4.55. The van der Waals surface area contributed by atoms with Crippen molar-refractivity contribution in [2.24, 2.45) is 0 Å². The summed E-state index contributed by atoms with van der Waals surface area (Å²) >= 11 is 3.26. The first-order chi connectivity index (χ1) is 15.1. The zero-order valence-electron chi connectivity index (χ0n) is 17.1. The van der Waals surface area contributed by atoms with Crippen molar-refractivity contribution in [2.75, 3.05) is 23.3 Å². The van der Waals surface area contributed by atoms with Crippen LogP contribution in [0.5, 0.6) is 5.75 Å². The molecular weight excluding hydrogens is 506 g/mol. The lowest BCUT2D eigenvalue weighted by Gasteiger charge is -2.24. The maximum atomic E-state index is 13.9. The summed E-state index contributed by atoms with van der Waals surface area (Å²) in [6.45, 7) is 1.12. The summed E-state index contributed by atoms with van der Waals surface area (Å²) in [5.41, 5.74) is 0.453. The largest absolute Gasteiger partial charge is 0.496 e. The molecule has 0 saturated carbocycles. The molecule has 0 aliphatic rings. The van der Waals surface area contributed by atoms with Crippen LogP contribution in [0.15, 0.2) is 70.0 Å². The Balaban J connectivity index is 1.99. The average Bonchev–Trinajstić information content (AvgIpc) is 2.75. The quantitative estimate of drug-likeness (QED) is 0.478. The van der Waals surface area contributed by atoms with E-state index in [-0.39, 0.29) is 10.6 Å². The topological polar surface area (TPSA) is 75.7 Å². The van der Waals surface area contributed by atoms with Crippen LogP contribution in [-0.4, -0.2) is 28.0 Å². The second-order valence-electron chi connectivity index (χ2n) is 6.79. The fraction of sp³-hybridized carbons (Fsp3) is 0.136. The van der Waals surface area contributed by atoms with Gasteiger partial charge in [0.25, 0.3) is 10.0 Å². The monoisotopic (exact) mass is 524 g/mol. The van der Waals surface area contributed by atoms with Crippen LogP contribution in [0.4, 0.5) is 20.2 Å². The number of halogens is 3. The van der Waals surface area contributed by atoms with Crippen molar-refractivity contribution >= 4 is 43.2 Å².